The van der Waals surface area contributed by atoms with Crippen LogP contribution in [-0.2, 0) is 4.79 Å². The first kappa shape index (κ1) is 18.7. The largest absolute Gasteiger partial charge is 0.477 e. The van der Waals surface area contributed by atoms with E-state index in [-0.39, 0.29) is 29.7 Å². The lowest BCUT2D eigenvalue weighted by molar-refractivity contribution is -0.384. The Kier molecular flexibility index (Phi) is 4.79. The van der Waals surface area contributed by atoms with Crippen LogP contribution >= 0.6 is 0 Å². The summed E-state index contributed by atoms with van der Waals surface area (Å²) in [5.74, 6) is -0.384. The number of fused-ring (bicyclic) bond motifs is 1. The van der Waals surface area contributed by atoms with Crippen molar-refractivity contribution in [2.75, 3.05) is 23.8 Å². The number of likely N-dealkylation sites (N-methyl/N-ethyl adjacent to an activating group) is 1. The van der Waals surface area contributed by atoms with Crippen molar-refractivity contribution in [1.29, 1.82) is 0 Å². The fourth-order valence-corrected chi connectivity index (χ4v) is 3.27. The van der Waals surface area contributed by atoms with Crippen LogP contribution in [0.15, 0.2) is 42.5 Å². The smallest absolute Gasteiger partial charge is 0.293 e. The maximum absolute atomic E-state index is 13.2. The van der Waals surface area contributed by atoms with Gasteiger partial charge < -0.3 is 20.3 Å². The first-order valence-corrected chi connectivity index (χ1v) is 9.32. The van der Waals surface area contributed by atoms with Crippen LogP contribution in [0.1, 0.15) is 23.2 Å². The number of nitro groups is 1. The highest BCUT2D eigenvalue weighted by Gasteiger charge is 2.34. The molecule has 4 rings (SSSR count). The van der Waals surface area contributed by atoms with Crippen molar-refractivity contribution in [3.05, 3.63) is 58.1 Å². The quantitative estimate of drug-likeness (QED) is 0.592. The second-order valence-electron chi connectivity index (χ2n) is 7.01. The van der Waals surface area contributed by atoms with E-state index in [1.807, 2.05) is 0 Å². The lowest BCUT2D eigenvalue weighted by Gasteiger charge is -2.34. The molecule has 0 unspecified atom stereocenters. The third-order valence-electron chi connectivity index (χ3n) is 4.94. The summed E-state index contributed by atoms with van der Waals surface area (Å²) in [6, 6.07) is 11.5. The number of hydrogen-bond donors (Lipinski definition) is 2. The molecule has 29 heavy (non-hydrogen) atoms. The molecule has 0 bridgehead atoms. The summed E-state index contributed by atoms with van der Waals surface area (Å²) in [7, 11) is 1.49. The van der Waals surface area contributed by atoms with Gasteiger partial charge in [0.1, 0.15) is 11.4 Å². The second-order valence-corrected chi connectivity index (χ2v) is 7.01. The van der Waals surface area contributed by atoms with Crippen molar-refractivity contribution in [2.24, 2.45) is 0 Å². The Hall–Kier alpha value is -3.62. The van der Waals surface area contributed by atoms with Crippen molar-refractivity contribution in [3.63, 3.8) is 0 Å². The molecular weight excluding hydrogens is 376 g/mol. The number of rotatable bonds is 5. The minimum absolute atomic E-state index is 0.00535. The Morgan fingerprint density at radius 2 is 1.97 bits per heavy atom. The van der Waals surface area contributed by atoms with Gasteiger partial charge in [0.05, 0.1) is 17.2 Å². The normalized spacial score (nSPS) is 17.7. The number of anilines is 2. The summed E-state index contributed by atoms with van der Waals surface area (Å²) in [5, 5.41) is 17.2. The van der Waals surface area contributed by atoms with Crippen LogP contribution in [0.4, 0.5) is 17.1 Å². The van der Waals surface area contributed by atoms with Gasteiger partial charge in [0.2, 0.25) is 0 Å². The van der Waals surface area contributed by atoms with Gasteiger partial charge in [-0.2, -0.15) is 0 Å². The molecule has 0 aromatic heterocycles. The zero-order chi connectivity index (χ0) is 20.5. The standard InChI is InChI=1S/C20H20N4O5/c1-21-19(25)18-11-23(15-4-2-3-5-17(15)29-18)20(26)12-6-9-14(22-13-7-8-13)16(10-12)24(27)28/h2-6,9-10,13,18,22H,7-8,11H2,1H3,(H,21,25)/t18-/m0/s1. The summed E-state index contributed by atoms with van der Waals surface area (Å²) < 4.78 is 5.71. The second kappa shape index (κ2) is 7.42. The number of amides is 2. The number of nitrogens with zero attached hydrogens (tertiary/aromatic N) is 2. The zero-order valence-corrected chi connectivity index (χ0v) is 15.8. The van der Waals surface area contributed by atoms with Crippen LogP contribution in [0.3, 0.4) is 0 Å². The molecule has 2 aromatic carbocycles. The van der Waals surface area contributed by atoms with Gasteiger partial charge in [-0.05, 0) is 37.1 Å². The molecule has 9 heteroatoms. The number of nitro benzene ring substituents is 1. The average molecular weight is 396 g/mol. The molecule has 1 aliphatic carbocycles. The van der Waals surface area contributed by atoms with Crippen molar-refractivity contribution >= 4 is 28.9 Å². The highest BCUT2D eigenvalue weighted by atomic mass is 16.6. The van der Waals surface area contributed by atoms with Gasteiger partial charge in [0, 0.05) is 24.7 Å². The molecule has 0 radical (unpaired) electrons. The van der Waals surface area contributed by atoms with E-state index in [4.69, 9.17) is 4.74 Å². The Morgan fingerprint density at radius 1 is 1.21 bits per heavy atom. The number of ether oxygens (including phenoxy) is 1. The van der Waals surface area contributed by atoms with E-state index in [1.54, 1.807) is 36.4 Å². The van der Waals surface area contributed by atoms with Gasteiger partial charge >= 0.3 is 0 Å². The van der Waals surface area contributed by atoms with Crippen molar-refractivity contribution in [2.45, 2.75) is 25.0 Å². The first-order valence-electron chi connectivity index (χ1n) is 9.32. The molecule has 2 amide bonds. The van der Waals surface area contributed by atoms with Gasteiger partial charge in [0.15, 0.2) is 6.10 Å². The molecule has 2 aliphatic rings. The molecular formula is C20H20N4O5. The zero-order valence-electron chi connectivity index (χ0n) is 15.8. The maximum Gasteiger partial charge on any atom is 0.293 e. The average Bonchev–Trinajstić information content (AvgIpc) is 3.56. The highest BCUT2D eigenvalue weighted by molar-refractivity contribution is 6.08. The predicted molar refractivity (Wildman–Crippen MR) is 106 cm³/mol. The molecule has 1 atom stereocenters. The lowest BCUT2D eigenvalue weighted by atomic mass is 10.1. The first-order chi connectivity index (χ1) is 14.0. The lowest BCUT2D eigenvalue weighted by Crippen LogP contribution is -2.50. The molecule has 2 aromatic rings. The topological polar surface area (TPSA) is 114 Å². The van der Waals surface area contributed by atoms with Crippen molar-refractivity contribution in [1.82, 2.24) is 5.32 Å². The molecule has 1 heterocycles. The Balaban J connectivity index is 1.68. The van der Waals surface area contributed by atoms with Crippen LogP contribution < -0.4 is 20.3 Å². The van der Waals surface area contributed by atoms with Gasteiger partial charge in [-0.15, -0.1) is 0 Å². The number of nitrogens with one attached hydrogen (secondary N) is 2. The predicted octanol–water partition coefficient (Wildman–Crippen LogP) is 2.32. The molecule has 9 nitrogen and oxygen atoms in total. The van der Waals surface area contributed by atoms with Crippen LogP contribution in [0, 0.1) is 10.1 Å². The summed E-state index contributed by atoms with van der Waals surface area (Å²) in [4.78, 5) is 37.8. The minimum Gasteiger partial charge on any atom is -0.477 e. The van der Waals surface area contributed by atoms with Crippen molar-refractivity contribution in [3.8, 4) is 5.75 Å². The van der Waals surface area contributed by atoms with E-state index >= 15 is 0 Å². The van der Waals surface area contributed by atoms with E-state index in [1.165, 1.54) is 18.0 Å². The third-order valence-corrected chi connectivity index (χ3v) is 4.94. The molecule has 150 valence electrons. The minimum atomic E-state index is -0.871. The Bertz CT molecular complexity index is 989. The molecule has 1 saturated carbocycles. The van der Waals surface area contributed by atoms with Crippen LogP contribution in [0.25, 0.3) is 0 Å². The van der Waals surface area contributed by atoms with Gasteiger partial charge in [-0.3, -0.25) is 19.7 Å². The number of carbonyl (C=O) groups is 2. The van der Waals surface area contributed by atoms with Crippen molar-refractivity contribution < 1.29 is 19.2 Å². The van der Waals surface area contributed by atoms with E-state index in [0.717, 1.165) is 12.8 Å². The fourth-order valence-electron chi connectivity index (χ4n) is 3.27. The number of para-hydroxylation sites is 2. The highest BCUT2D eigenvalue weighted by Crippen LogP contribution is 2.36. The van der Waals surface area contributed by atoms with Crippen LogP contribution in [0.2, 0.25) is 0 Å². The van der Waals surface area contributed by atoms with Gasteiger partial charge in [0.25, 0.3) is 17.5 Å². The third kappa shape index (κ3) is 3.71. The van der Waals surface area contributed by atoms with Crippen LogP contribution in [0.5, 0.6) is 5.75 Å². The van der Waals surface area contributed by atoms with E-state index in [0.29, 0.717) is 17.1 Å². The molecule has 0 saturated heterocycles. The van der Waals surface area contributed by atoms with E-state index < -0.39 is 16.9 Å². The van der Waals surface area contributed by atoms with E-state index in [2.05, 4.69) is 10.6 Å². The maximum atomic E-state index is 13.2. The summed E-state index contributed by atoms with van der Waals surface area (Å²) in [6.45, 7) is 0.00535. The molecule has 1 fully saturated rings. The molecule has 2 N–H and O–H groups in total. The number of hydrogen-bond acceptors (Lipinski definition) is 6. The van der Waals surface area contributed by atoms with Gasteiger partial charge in [-0.1, -0.05) is 12.1 Å². The molecule has 0 spiro atoms. The summed E-state index contributed by atoms with van der Waals surface area (Å²) in [6.07, 6.45) is 1.08. The monoisotopic (exact) mass is 396 g/mol. The SMILES string of the molecule is CNC(=O)[C@@H]1CN(C(=O)c2ccc(NC3CC3)c([N+](=O)[O-])c2)c2ccccc2O1. The summed E-state index contributed by atoms with van der Waals surface area (Å²) >= 11 is 0. The van der Waals surface area contributed by atoms with E-state index in [9.17, 15) is 19.7 Å². The Morgan fingerprint density at radius 3 is 2.66 bits per heavy atom. The summed E-state index contributed by atoms with van der Waals surface area (Å²) in [5.41, 5.74) is 0.942. The van der Waals surface area contributed by atoms with Crippen LogP contribution in [-0.4, -0.2) is 42.5 Å². The molecule has 1 aliphatic heterocycles. The number of carbonyl (C=O) groups excluding carboxylic acids is 2. The number of benzene rings is 2. The van der Waals surface area contributed by atoms with Gasteiger partial charge in [-0.25, -0.2) is 0 Å². The Labute approximate surface area is 166 Å². The fraction of sp³-hybridized carbons (Fsp3) is 0.300.